The maximum absolute atomic E-state index is 12.6. The molecule has 31 heavy (non-hydrogen) atoms. The van der Waals surface area contributed by atoms with Gasteiger partial charge in [-0.15, -0.1) is 4.40 Å². The second-order valence-corrected chi connectivity index (χ2v) is 7.39. The van der Waals surface area contributed by atoms with Gasteiger partial charge in [-0.3, -0.25) is 9.52 Å². The van der Waals surface area contributed by atoms with Gasteiger partial charge in [0.1, 0.15) is 17.2 Å². The maximum atomic E-state index is 12.6. The van der Waals surface area contributed by atoms with Crippen LogP contribution in [0.25, 0.3) is 0 Å². The first-order valence-electron chi connectivity index (χ1n) is 8.63. The lowest BCUT2D eigenvalue weighted by atomic mass is 10.2. The molecule has 0 bridgehead atoms. The highest BCUT2D eigenvalue weighted by Crippen LogP contribution is 2.31. The first-order chi connectivity index (χ1) is 14.7. The molecule has 1 amide bonds. The van der Waals surface area contributed by atoms with Crippen LogP contribution in [0, 0.1) is 0 Å². The second kappa shape index (κ2) is 11.6. The standard InChI is InChI=1S/C19H19F3N2O5S2/c1-12(17(25)23-30-31-24-18(26-2)27-3)28-14-8-10-16(11-9-14)29-15-6-4-13(5-7-15)19(20,21)22/h4-12H,1-3H3,(H,23,25). The third-order valence-electron chi connectivity index (χ3n) is 3.56. The van der Waals surface area contributed by atoms with Gasteiger partial charge in [0.25, 0.3) is 5.91 Å². The number of carbonyl (C=O) groups is 1. The molecule has 0 aromatic heterocycles. The van der Waals surface area contributed by atoms with Gasteiger partial charge in [0.05, 0.1) is 30.8 Å². The third-order valence-corrected chi connectivity index (χ3v) is 4.84. The number of benzene rings is 2. The van der Waals surface area contributed by atoms with Crippen molar-refractivity contribution in [2.75, 3.05) is 14.2 Å². The molecule has 1 unspecified atom stereocenters. The van der Waals surface area contributed by atoms with Crippen LogP contribution in [0.4, 0.5) is 13.2 Å². The molecular weight excluding hydrogens is 457 g/mol. The zero-order valence-corrected chi connectivity index (χ0v) is 18.3. The molecule has 1 atom stereocenters. The fraction of sp³-hybridized carbons (Fsp3) is 0.263. The summed E-state index contributed by atoms with van der Waals surface area (Å²) in [5, 5.41) is 0. The fourth-order valence-electron chi connectivity index (χ4n) is 2.04. The van der Waals surface area contributed by atoms with Gasteiger partial charge in [-0.25, -0.2) is 0 Å². The Balaban J connectivity index is 1.83. The van der Waals surface area contributed by atoms with E-state index in [0.29, 0.717) is 11.5 Å². The highest BCUT2D eigenvalue weighted by Gasteiger charge is 2.30. The van der Waals surface area contributed by atoms with Gasteiger partial charge in [-0.05, 0) is 55.5 Å². The number of ether oxygens (including phenoxy) is 4. The Morgan fingerprint density at radius 1 is 0.968 bits per heavy atom. The number of amides is 1. The van der Waals surface area contributed by atoms with E-state index < -0.39 is 17.8 Å². The molecule has 0 aliphatic heterocycles. The van der Waals surface area contributed by atoms with Gasteiger partial charge >= 0.3 is 12.3 Å². The monoisotopic (exact) mass is 476 g/mol. The quantitative estimate of drug-likeness (QED) is 0.184. The number of hydrogen-bond donors (Lipinski definition) is 1. The minimum atomic E-state index is -4.40. The molecule has 1 N–H and O–H groups in total. The van der Waals surface area contributed by atoms with Gasteiger partial charge in [0.2, 0.25) is 0 Å². The summed E-state index contributed by atoms with van der Waals surface area (Å²) in [4.78, 5) is 12.1. The summed E-state index contributed by atoms with van der Waals surface area (Å²) in [6, 6.07) is 10.7. The van der Waals surface area contributed by atoms with Crippen LogP contribution in [0.15, 0.2) is 52.9 Å². The number of nitrogens with zero attached hydrogens (tertiary/aromatic N) is 1. The van der Waals surface area contributed by atoms with Crippen molar-refractivity contribution in [3.05, 3.63) is 54.1 Å². The Bertz CT molecular complexity index is 872. The Labute approximate surface area is 185 Å². The number of alkyl halides is 3. The largest absolute Gasteiger partial charge is 0.481 e. The van der Waals surface area contributed by atoms with Crippen molar-refractivity contribution in [1.29, 1.82) is 0 Å². The van der Waals surface area contributed by atoms with Crippen LogP contribution in [-0.4, -0.2) is 32.3 Å². The van der Waals surface area contributed by atoms with Crippen molar-refractivity contribution in [2.45, 2.75) is 19.2 Å². The smallest absolute Gasteiger partial charge is 0.416 e. The predicted octanol–water partition coefficient (Wildman–Crippen LogP) is 5.24. The molecule has 2 aromatic rings. The van der Waals surface area contributed by atoms with E-state index in [9.17, 15) is 18.0 Å². The highest BCUT2D eigenvalue weighted by molar-refractivity contribution is 8.75. The van der Waals surface area contributed by atoms with E-state index in [1.807, 2.05) is 0 Å². The summed E-state index contributed by atoms with van der Waals surface area (Å²) < 4.78 is 64.9. The van der Waals surface area contributed by atoms with E-state index in [1.165, 1.54) is 26.4 Å². The molecule has 168 valence electrons. The van der Waals surface area contributed by atoms with Crippen molar-refractivity contribution in [1.82, 2.24) is 4.72 Å². The number of halogens is 3. The summed E-state index contributed by atoms with van der Waals surface area (Å²) in [5.41, 5.74) is -0.753. The van der Waals surface area contributed by atoms with Crippen LogP contribution in [-0.2, 0) is 20.4 Å². The summed E-state index contributed by atoms with van der Waals surface area (Å²) in [5.74, 6) is 0.700. The maximum Gasteiger partial charge on any atom is 0.416 e. The molecule has 0 heterocycles. The SMILES string of the molecule is COC(=NSSNC(=O)C(C)Oc1ccc(Oc2ccc(C(F)(F)F)cc2)cc1)OC. The number of methoxy groups -OCH3 is 2. The Morgan fingerprint density at radius 2 is 1.48 bits per heavy atom. The third kappa shape index (κ3) is 8.13. The number of hydrogen-bond acceptors (Lipinski definition) is 8. The van der Waals surface area contributed by atoms with E-state index in [2.05, 4.69) is 9.12 Å². The lowest BCUT2D eigenvalue weighted by Gasteiger charge is -2.14. The summed E-state index contributed by atoms with van der Waals surface area (Å²) in [6.07, 6.45) is -5.13. The van der Waals surface area contributed by atoms with Gasteiger partial charge in [-0.1, -0.05) is 0 Å². The van der Waals surface area contributed by atoms with Crippen molar-refractivity contribution in [3.8, 4) is 17.2 Å². The molecular formula is C19H19F3N2O5S2. The molecule has 0 aliphatic carbocycles. The lowest BCUT2D eigenvalue weighted by molar-refractivity contribution is -0.137. The molecule has 7 nitrogen and oxygen atoms in total. The Morgan fingerprint density at radius 3 is 2.00 bits per heavy atom. The average molecular weight is 476 g/mol. The van der Waals surface area contributed by atoms with Crippen LogP contribution in [0.5, 0.6) is 17.2 Å². The van der Waals surface area contributed by atoms with E-state index in [0.717, 1.165) is 34.1 Å². The van der Waals surface area contributed by atoms with E-state index in [1.54, 1.807) is 31.2 Å². The first-order valence-corrected chi connectivity index (χ1v) is 10.7. The minimum Gasteiger partial charge on any atom is -0.481 e. The molecule has 2 aromatic carbocycles. The van der Waals surface area contributed by atoms with Gasteiger partial charge in [-0.2, -0.15) is 13.2 Å². The molecule has 0 aliphatic rings. The van der Waals surface area contributed by atoms with Crippen LogP contribution in [0.2, 0.25) is 0 Å². The molecule has 0 saturated heterocycles. The molecule has 0 spiro atoms. The van der Waals surface area contributed by atoms with Crippen LogP contribution in [0.3, 0.4) is 0 Å². The zero-order chi connectivity index (χ0) is 22.9. The van der Waals surface area contributed by atoms with Gasteiger partial charge < -0.3 is 18.9 Å². The molecule has 12 heteroatoms. The molecule has 0 saturated carbocycles. The highest BCUT2D eigenvalue weighted by atomic mass is 33.1. The van der Waals surface area contributed by atoms with Crippen LogP contribution < -0.4 is 14.2 Å². The van der Waals surface area contributed by atoms with E-state index in [4.69, 9.17) is 18.9 Å². The lowest BCUT2D eigenvalue weighted by Crippen LogP contribution is -2.32. The summed E-state index contributed by atoms with van der Waals surface area (Å²) in [6.45, 7) is 1.58. The van der Waals surface area contributed by atoms with Crippen molar-refractivity contribution in [2.24, 2.45) is 4.40 Å². The molecule has 0 fully saturated rings. The van der Waals surface area contributed by atoms with Crippen LogP contribution >= 0.6 is 22.0 Å². The van der Waals surface area contributed by atoms with Crippen molar-refractivity contribution >= 4 is 34.0 Å². The van der Waals surface area contributed by atoms with Gasteiger partial charge in [0, 0.05) is 11.0 Å². The molecule has 2 rings (SSSR count). The number of rotatable bonds is 8. The fourth-order valence-corrected chi connectivity index (χ4v) is 3.23. The second-order valence-electron chi connectivity index (χ2n) is 5.75. The first kappa shape index (κ1) is 24.5. The van der Waals surface area contributed by atoms with Gasteiger partial charge in [0.15, 0.2) is 6.10 Å². The minimum absolute atomic E-state index is 0.0645. The number of carbonyl (C=O) groups excluding carboxylic acids is 1. The Kier molecular flexibility index (Phi) is 9.19. The normalized spacial score (nSPS) is 11.8. The predicted molar refractivity (Wildman–Crippen MR) is 113 cm³/mol. The Hall–Kier alpha value is -2.73. The summed E-state index contributed by atoms with van der Waals surface area (Å²) in [7, 11) is 4.73. The van der Waals surface area contributed by atoms with E-state index >= 15 is 0 Å². The number of nitrogens with one attached hydrogen (secondary N) is 1. The topological polar surface area (TPSA) is 78.4 Å². The zero-order valence-electron chi connectivity index (χ0n) is 16.6. The molecule has 0 radical (unpaired) electrons. The average Bonchev–Trinajstić information content (AvgIpc) is 2.75. The summed E-state index contributed by atoms with van der Waals surface area (Å²) >= 11 is 0. The van der Waals surface area contributed by atoms with Crippen molar-refractivity contribution < 1.29 is 36.9 Å². The van der Waals surface area contributed by atoms with E-state index in [-0.39, 0.29) is 17.7 Å². The van der Waals surface area contributed by atoms with Crippen molar-refractivity contribution in [3.63, 3.8) is 0 Å². The van der Waals surface area contributed by atoms with Crippen LogP contribution in [0.1, 0.15) is 12.5 Å².